The number of carbonyl (C=O) groups excluding carboxylic acids is 1. The van der Waals surface area contributed by atoms with Crippen LogP contribution in [-0.4, -0.2) is 12.5 Å². The Kier molecular flexibility index (Phi) is 4.17. The van der Waals surface area contributed by atoms with Crippen molar-refractivity contribution < 1.29 is 4.79 Å². The molecule has 0 radical (unpaired) electrons. The van der Waals surface area contributed by atoms with Gasteiger partial charge in [0, 0.05) is 17.8 Å². The number of hydrogen-bond acceptors (Lipinski definition) is 2. The molecule has 86 valence electrons. The fourth-order valence-corrected chi connectivity index (χ4v) is 2.66. The molecule has 0 saturated heterocycles. The van der Waals surface area contributed by atoms with Gasteiger partial charge in [0.05, 0.1) is 0 Å². The molecule has 0 fully saturated rings. The lowest BCUT2D eigenvalue weighted by atomic mass is 10.1. The van der Waals surface area contributed by atoms with E-state index >= 15 is 0 Å². The summed E-state index contributed by atoms with van der Waals surface area (Å²) in [6, 6.07) is 4.15. The number of thiophene rings is 1. The van der Waals surface area contributed by atoms with E-state index in [9.17, 15) is 4.79 Å². The van der Waals surface area contributed by atoms with Crippen molar-refractivity contribution in [3.63, 3.8) is 0 Å². The zero-order chi connectivity index (χ0) is 11.2. The van der Waals surface area contributed by atoms with Gasteiger partial charge in [0.15, 0.2) is 0 Å². The Balaban J connectivity index is 1.62. The predicted octanol–water partition coefficient (Wildman–Crippen LogP) is 2.76. The van der Waals surface area contributed by atoms with Crippen LogP contribution >= 0.6 is 11.3 Å². The first-order valence-electron chi connectivity index (χ1n) is 5.80. The molecule has 16 heavy (non-hydrogen) atoms. The van der Waals surface area contributed by atoms with Gasteiger partial charge in [0.1, 0.15) is 0 Å². The molecule has 0 aliphatic heterocycles. The summed E-state index contributed by atoms with van der Waals surface area (Å²) in [5.41, 5.74) is 0. The SMILES string of the molecule is O=C(C[C@H]1C=CCC1)NCCc1cccs1. The summed E-state index contributed by atoms with van der Waals surface area (Å²) in [7, 11) is 0. The van der Waals surface area contributed by atoms with Gasteiger partial charge >= 0.3 is 0 Å². The summed E-state index contributed by atoms with van der Waals surface area (Å²) in [5.74, 6) is 0.662. The number of carbonyl (C=O) groups is 1. The molecule has 0 spiro atoms. The molecule has 3 heteroatoms. The molecule has 1 aliphatic rings. The van der Waals surface area contributed by atoms with Crippen LogP contribution in [0.15, 0.2) is 29.7 Å². The monoisotopic (exact) mass is 235 g/mol. The highest BCUT2D eigenvalue weighted by molar-refractivity contribution is 7.09. The average Bonchev–Trinajstić information content (AvgIpc) is 2.90. The largest absolute Gasteiger partial charge is 0.356 e. The van der Waals surface area contributed by atoms with E-state index in [2.05, 4.69) is 28.9 Å². The van der Waals surface area contributed by atoms with Gasteiger partial charge in [-0.1, -0.05) is 18.2 Å². The van der Waals surface area contributed by atoms with Crippen LogP contribution in [0.2, 0.25) is 0 Å². The standard InChI is InChI=1S/C13H17NOS/c15-13(10-11-4-1-2-5-11)14-8-7-12-6-3-9-16-12/h1,3-4,6,9,11H,2,5,7-8,10H2,(H,14,15)/t11-/m0/s1. The van der Waals surface area contributed by atoms with E-state index in [1.54, 1.807) is 11.3 Å². The normalized spacial score (nSPS) is 18.9. The molecule has 1 aromatic rings. The highest BCUT2D eigenvalue weighted by Gasteiger charge is 2.13. The molecule has 2 nitrogen and oxygen atoms in total. The molecule has 0 aromatic carbocycles. The highest BCUT2D eigenvalue weighted by atomic mass is 32.1. The van der Waals surface area contributed by atoms with Gasteiger partial charge in [-0.05, 0) is 36.6 Å². The van der Waals surface area contributed by atoms with Crippen molar-refractivity contribution in [2.75, 3.05) is 6.54 Å². The molecule has 1 heterocycles. The van der Waals surface area contributed by atoms with Crippen molar-refractivity contribution in [2.45, 2.75) is 25.7 Å². The number of rotatable bonds is 5. The maximum absolute atomic E-state index is 11.6. The molecule has 1 amide bonds. The second-order valence-electron chi connectivity index (χ2n) is 4.15. The van der Waals surface area contributed by atoms with E-state index in [1.807, 2.05) is 6.07 Å². The van der Waals surface area contributed by atoms with Gasteiger partial charge < -0.3 is 5.32 Å². The number of allylic oxidation sites excluding steroid dienone is 2. The van der Waals surface area contributed by atoms with Gasteiger partial charge in [-0.2, -0.15) is 0 Å². The average molecular weight is 235 g/mol. The minimum absolute atomic E-state index is 0.188. The van der Waals surface area contributed by atoms with Crippen LogP contribution < -0.4 is 5.32 Å². The second-order valence-corrected chi connectivity index (χ2v) is 5.18. The maximum atomic E-state index is 11.6. The number of amides is 1. The Morgan fingerprint density at radius 3 is 3.19 bits per heavy atom. The van der Waals surface area contributed by atoms with Crippen molar-refractivity contribution >= 4 is 17.2 Å². The van der Waals surface area contributed by atoms with Crippen LogP contribution in [0.4, 0.5) is 0 Å². The summed E-state index contributed by atoms with van der Waals surface area (Å²) in [4.78, 5) is 12.9. The van der Waals surface area contributed by atoms with Crippen molar-refractivity contribution in [2.24, 2.45) is 5.92 Å². The lowest BCUT2D eigenvalue weighted by Crippen LogP contribution is -2.26. The Bertz CT molecular complexity index is 356. The van der Waals surface area contributed by atoms with Crippen molar-refractivity contribution in [1.82, 2.24) is 5.32 Å². The Morgan fingerprint density at radius 2 is 2.50 bits per heavy atom. The first-order chi connectivity index (χ1) is 7.84. The maximum Gasteiger partial charge on any atom is 0.220 e. The van der Waals surface area contributed by atoms with Gasteiger partial charge in [-0.3, -0.25) is 4.79 Å². The molecule has 0 bridgehead atoms. The molecule has 1 aromatic heterocycles. The Hall–Kier alpha value is -1.09. The topological polar surface area (TPSA) is 29.1 Å². The molecule has 1 atom stereocenters. The van der Waals surface area contributed by atoms with Gasteiger partial charge in [0.2, 0.25) is 5.91 Å². The summed E-state index contributed by atoms with van der Waals surface area (Å²) in [6.07, 6.45) is 8.21. The molecular formula is C13H17NOS. The second kappa shape index (κ2) is 5.85. The van der Waals surface area contributed by atoms with E-state index in [1.165, 1.54) is 4.88 Å². The van der Waals surface area contributed by atoms with Crippen LogP contribution in [0, 0.1) is 5.92 Å². The van der Waals surface area contributed by atoms with E-state index in [4.69, 9.17) is 0 Å². The van der Waals surface area contributed by atoms with Gasteiger partial charge in [0.25, 0.3) is 0 Å². The minimum Gasteiger partial charge on any atom is -0.356 e. The van der Waals surface area contributed by atoms with Crippen LogP contribution in [0.3, 0.4) is 0 Å². The molecule has 0 saturated carbocycles. The summed E-state index contributed by atoms with van der Waals surface area (Å²) >= 11 is 1.75. The first-order valence-corrected chi connectivity index (χ1v) is 6.68. The van der Waals surface area contributed by atoms with E-state index in [0.717, 1.165) is 25.8 Å². The van der Waals surface area contributed by atoms with Crippen LogP contribution in [0.5, 0.6) is 0 Å². The van der Waals surface area contributed by atoms with E-state index < -0.39 is 0 Å². The fourth-order valence-electron chi connectivity index (χ4n) is 1.96. The molecule has 2 rings (SSSR count). The Morgan fingerprint density at radius 1 is 1.56 bits per heavy atom. The third-order valence-corrected chi connectivity index (χ3v) is 3.77. The third kappa shape index (κ3) is 3.49. The molecule has 0 unspecified atom stereocenters. The smallest absolute Gasteiger partial charge is 0.220 e. The predicted molar refractivity (Wildman–Crippen MR) is 67.5 cm³/mol. The Labute approximate surface area is 100 Å². The van der Waals surface area contributed by atoms with Gasteiger partial charge in [-0.15, -0.1) is 11.3 Å². The number of nitrogens with one attached hydrogen (secondary N) is 1. The minimum atomic E-state index is 0.188. The molecule has 1 N–H and O–H groups in total. The zero-order valence-corrected chi connectivity index (χ0v) is 10.1. The van der Waals surface area contributed by atoms with Gasteiger partial charge in [-0.25, -0.2) is 0 Å². The van der Waals surface area contributed by atoms with Crippen molar-refractivity contribution in [3.05, 3.63) is 34.5 Å². The first kappa shape index (κ1) is 11.4. The summed E-state index contributed by atoms with van der Waals surface area (Å²) < 4.78 is 0. The van der Waals surface area contributed by atoms with E-state index in [0.29, 0.717) is 12.3 Å². The summed E-state index contributed by atoms with van der Waals surface area (Å²) in [6.45, 7) is 0.760. The lowest BCUT2D eigenvalue weighted by Gasteiger charge is -2.07. The van der Waals surface area contributed by atoms with Crippen molar-refractivity contribution in [3.8, 4) is 0 Å². The number of hydrogen-bond donors (Lipinski definition) is 1. The lowest BCUT2D eigenvalue weighted by molar-refractivity contribution is -0.121. The quantitative estimate of drug-likeness (QED) is 0.781. The van der Waals surface area contributed by atoms with Crippen LogP contribution in [0.1, 0.15) is 24.1 Å². The zero-order valence-electron chi connectivity index (χ0n) is 9.32. The molecular weight excluding hydrogens is 218 g/mol. The third-order valence-electron chi connectivity index (χ3n) is 2.83. The van der Waals surface area contributed by atoms with E-state index in [-0.39, 0.29) is 5.91 Å². The highest BCUT2D eigenvalue weighted by Crippen LogP contribution is 2.19. The fraction of sp³-hybridized carbons (Fsp3) is 0.462. The molecule has 1 aliphatic carbocycles. The van der Waals surface area contributed by atoms with Crippen LogP contribution in [0.25, 0.3) is 0 Å². The summed E-state index contributed by atoms with van der Waals surface area (Å²) in [5, 5.41) is 5.05. The van der Waals surface area contributed by atoms with Crippen LogP contribution in [-0.2, 0) is 11.2 Å². The van der Waals surface area contributed by atoms with Crippen molar-refractivity contribution in [1.29, 1.82) is 0 Å².